The van der Waals surface area contributed by atoms with Crippen LogP contribution in [0.25, 0.3) is 0 Å². The monoisotopic (exact) mass is 444 g/mol. The van der Waals surface area contributed by atoms with Gasteiger partial charge in [0.15, 0.2) is 5.52 Å². The molecule has 0 aliphatic rings. The number of alkyl halides is 6. The number of carbonyl (C=O) groups excluding carboxylic acids is 1. The molecule has 2 nitrogen and oxygen atoms in total. The SMILES string of the molecule is CCCCOc1ccc(PC(=O)c2c(C(F)(F)F)cccc2C(F)(F)F)c(C)c1.[LiH]. The number of hydrogen-bond donors (Lipinski definition) is 0. The second-order valence-corrected chi connectivity index (χ2v) is 7.60. The van der Waals surface area contributed by atoms with Crippen molar-refractivity contribution >= 4 is 38.3 Å². The second kappa shape index (κ2) is 10.7. The van der Waals surface area contributed by atoms with E-state index in [0.717, 1.165) is 12.8 Å². The first-order chi connectivity index (χ1) is 13.4. The van der Waals surface area contributed by atoms with Crippen LogP contribution in [0.1, 0.15) is 46.8 Å². The molecule has 2 aromatic rings. The van der Waals surface area contributed by atoms with Crippen LogP contribution in [0.15, 0.2) is 36.4 Å². The summed E-state index contributed by atoms with van der Waals surface area (Å²) < 4.78 is 85.1. The molecule has 1 atom stereocenters. The van der Waals surface area contributed by atoms with Crippen LogP contribution in [0, 0.1) is 6.92 Å². The maximum absolute atomic E-state index is 13.3. The normalized spacial score (nSPS) is 12.1. The maximum atomic E-state index is 13.3. The van der Waals surface area contributed by atoms with Gasteiger partial charge in [-0.25, -0.2) is 0 Å². The van der Waals surface area contributed by atoms with Crippen molar-refractivity contribution in [3.8, 4) is 5.75 Å². The van der Waals surface area contributed by atoms with Gasteiger partial charge in [0.25, 0.3) is 0 Å². The van der Waals surface area contributed by atoms with Gasteiger partial charge >= 0.3 is 31.2 Å². The van der Waals surface area contributed by atoms with Crippen molar-refractivity contribution < 1.29 is 35.9 Å². The van der Waals surface area contributed by atoms with Crippen LogP contribution in [0.3, 0.4) is 0 Å². The molecule has 0 saturated heterocycles. The van der Waals surface area contributed by atoms with Crippen LogP contribution in [-0.4, -0.2) is 31.0 Å². The van der Waals surface area contributed by atoms with Gasteiger partial charge in [-0.2, -0.15) is 26.3 Å². The minimum atomic E-state index is -5.08. The van der Waals surface area contributed by atoms with E-state index in [2.05, 4.69) is 0 Å². The van der Waals surface area contributed by atoms with Gasteiger partial charge in [0.1, 0.15) is 5.75 Å². The summed E-state index contributed by atoms with van der Waals surface area (Å²) in [6, 6.07) is 6.30. The third kappa shape index (κ3) is 6.77. The quantitative estimate of drug-likeness (QED) is 0.237. The first kappa shape index (κ1) is 26.6. The summed E-state index contributed by atoms with van der Waals surface area (Å²) in [7, 11) is -0.890. The van der Waals surface area contributed by atoms with Gasteiger partial charge in [0.05, 0.1) is 17.7 Å². The molecule has 160 valence electrons. The van der Waals surface area contributed by atoms with Crippen LogP contribution in [0.5, 0.6) is 5.75 Å². The van der Waals surface area contributed by atoms with Gasteiger partial charge < -0.3 is 4.74 Å². The molecule has 0 saturated carbocycles. The minimum absolute atomic E-state index is 0. The van der Waals surface area contributed by atoms with Gasteiger partial charge in [0.2, 0.25) is 0 Å². The molecular formula is C20H20F6LiO2P. The fraction of sp³-hybridized carbons (Fsp3) is 0.350. The van der Waals surface area contributed by atoms with Crippen molar-refractivity contribution in [1.82, 2.24) is 0 Å². The first-order valence-corrected chi connectivity index (χ1v) is 9.77. The van der Waals surface area contributed by atoms with Gasteiger partial charge in [-0.05, 0) is 57.1 Å². The van der Waals surface area contributed by atoms with E-state index in [0.29, 0.717) is 41.4 Å². The third-order valence-corrected chi connectivity index (χ3v) is 5.42. The third-order valence-electron chi connectivity index (χ3n) is 4.12. The predicted octanol–water partition coefficient (Wildman–Crippen LogP) is 5.71. The average molecular weight is 444 g/mol. The number of unbranched alkanes of at least 4 members (excludes halogenated alkanes) is 1. The Kier molecular flexibility index (Phi) is 9.47. The molecule has 0 bridgehead atoms. The van der Waals surface area contributed by atoms with E-state index in [-0.39, 0.29) is 18.9 Å². The Balaban J connectivity index is 0.00000450. The average Bonchev–Trinajstić information content (AvgIpc) is 2.62. The molecule has 0 fully saturated rings. The van der Waals surface area contributed by atoms with E-state index < -0.39 is 43.1 Å². The molecule has 2 aromatic carbocycles. The van der Waals surface area contributed by atoms with Gasteiger partial charge in [-0.15, -0.1) is 0 Å². The van der Waals surface area contributed by atoms with Gasteiger partial charge in [0, 0.05) is 5.56 Å². The fourth-order valence-corrected chi connectivity index (χ4v) is 3.73. The Bertz CT molecular complexity index is 848. The van der Waals surface area contributed by atoms with Crippen LogP contribution < -0.4 is 10.0 Å². The molecule has 10 heteroatoms. The Morgan fingerprint density at radius 1 is 1.00 bits per heavy atom. The summed E-state index contributed by atoms with van der Waals surface area (Å²) >= 11 is 0. The fourth-order valence-electron chi connectivity index (χ4n) is 2.65. The Morgan fingerprint density at radius 2 is 1.57 bits per heavy atom. The van der Waals surface area contributed by atoms with Crippen molar-refractivity contribution in [2.45, 2.75) is 39.0 Å². The number of benzene rings is 2. The van der Waals surface area contributed by atoms with Crippen molar-refractivity contribution in [3.63, 3.8) is 0 Å². The summed E-state index contributed by atoms with van der Waals surface area (Å²) in [4.78, 5) is 12.6. The Hall–Kier alpha value is -1.48. The topological polar surface area (TPSA) is 26.3 Å². The zero-order valence-electron chi connectivity index (χ0n) is 15.7. The van der Waals surface area contributed by atoms with E-state index in [9.17, 15) is 31.1 Å². The van der Waals surface area contributed by atoms with E-state index in [1.165, 1.54) is 6.07 Å². The van der Waals surface area contributed by atoms with Crippen molar-refractivity contribution in [2.75, 3.05) is 6.61 Å². The molecule has 0 N–H and O–H groups in total. The van der Waals surface area contributed by atoms with Gasteiger partial charge in [-0.3, -0.25) is 4.79 Å². The molecule has 0 aliphatic heterocycles. The molecule has 0 amide bonds. The van der Waals surface area contributed by atoms with E-state index >= 15 is 0 Å². The molecule has 0 aliphatic carbocycles. The van der Waals surface area contributed by atoms with Crippen molar-refractivity contribution in [1.29, 1.82) is 0 Å². The van der Waals surface area contributed by atoms with Crippen LogP contribution >= 0.6 is 8.58 Å². The number of aryl methyl sites for hydroxylation is 1. The number of carbonyl (C=O) groups is 1. The summed E-state index contributed by atoms with van der Waals surface area (Å²) in [5.41, 5.74) is -5.16. The number of hydrogen-bond acceptors (Lipinski definition) is 2. The Labute approximate surface area is 184 Å². The molecule has 0 radical (unpaired) electrons. The van der Waals surface area contributed by atoms with Gasteiger partial charge in [-0.1, -0.05) is 25.5 Å². The number of halogens is 6. The van der Waals surface area contributed by atoms with Crippen LogP contribution in [-0.2, 0) is 12.4 Å². The zero-order chi connectivity index (χ0) is 21.8. The molecule has 1 unspecified atom stereocenters. The molecule has 2 rings (SSSR count). The molecule has 0 spiro atoms. The second-order valence-electron chi connectivity index (χ2n) is 6.36. The predicted molar refractivity (Wildman–Crippen MR) is 107 cm³/mol. The van der Waals surface area contributed by atoms with E-state index in [1.54, 1.807) is 19.1 Å². The molecule has 0 heterocycles. The van der Waals surface area contributed by atoms with Crippen LogP contribution in [0.4, 0.5) is 26.3 Å². The summed E-state index contributed by atoms with van der Waals surface area (Å²) in [5, 5.41) is 0.364. The summed E-state index contributed by atoms with van der Waals surface area (Å²) in [6.45, 7) is 4.12. The molecular weight excluding hydrogens is 424 g/mol. The Morgan fingerprint density at radius 3 is 2.03 bits per heavy atom. The van der Waals surface area contributed by atoms with Crippen LogP contribution in [0.2, 0.25) is 0 Å². The van der Waals surface area contributed by atoms with E-state index in [4.69, 9.17) is 4.74 Å². The number of ether oxygens (including phenoxy) is 1. The summed E-state index contributed by atoms with van der Waals surface area (Å²) in [6.07, 6.45) is -8.38. The van der Waals surface area contributed by atoms with Crippen molar-refractivity contribution in [3.05, 3.63) is 58.7 Å². The standard InChI is InChI=1S/C20H19F6O2P.Li.H/c1-3-4-10-28-13-8-9-16(12(2)11-13)29-18(27)17-14(19(21,22)23)6-5-7-15(17)20(24,25)26;;/h5-9,11,29H,3-4,10H2,1-2H3;;. The van der Waals surface area contributed by atoms with E-state index in [1.807, 2.05) is 6.92 Å². The first-order valence-electron chi connectivity index (χ1n) is 8.77. The number of rotatable bonds is 7. The molecule has 30 heavy (non-hydrogen) atoms. The zero-order valence-corrected chi connectivity index (χ0v) is 16.7. The summed E-state index contributed by atoms with van der Waals surface area (Å²) in [5.74, 6) is 0.531. The van der Waals surface area contributed by atoms with Crippen molar-refractivity contribution in [2.24, 2.45) is 0 Å². The molecule has 0 aromatic heterocycles.